The first-order chi connectivity index (χ1) is 10.9. The van der Waals surface area contributed by atoms with E-state index in [4.69, 9.17) is 21.1 Å². The number of ether oxygens (including phenoxy) is 2. The van der Waals surface area contributed by atoms with Crippen LogP contribution >= 0.6 is 11.6 Å². The predicted molar refractivity (Wildman–Crippen MR) is 89.7 cm³/mol. The first-order valence-electron chi connectivity index (χ1n) is 6.88. The molecule has 2 rings (SSSR count). The molecule has 0 saturated carbocycles. The van der Waals surface area contributed by atoms with Crippen molar-refractivity contribution in [1.29, 1.82) is 0 Å². The molecule has 0 aromatic heterocycles. The van der Waals surface area contributed by atoms with Crippen LogP contribution in [0.3, 0.4) is 0 Å². The molecule has 1 N–H and O–H groups in total. The number of halogens is 1. The van der Waals surface area contributed by atoms with Crippen molar-refractivity contribution >= 4 is 21.6 Å². The molecule has 0 radical (unpaired) electrons. The fourth-order valence-corrected chi connectivity index (χ4v) is 3.77. The van der Waals surface area contributed by atoms with Gasteiger partial charge in [0.15, 0.2) is 0 Å². The van der Waals surface area contributed by atoms with Crippen molar-refractivity contribution in [2.75, 3.05) is 14.2 Å². The molecule has 7 heteroatoms. The van der Waals surface area contributed by atoms with E-state index in [1.807, 2.05) is 18.2 Å². The van der Waals surface area contributed by atoms with E-state index in [1.54, 1.807) is 20.1 Å². The third-order valence-corrected chi connectivity index (χ3v) is 5.20. The lowest BCUT2D eigenvalue weighted by atomic mass is 10.1. The Hall–Kier alpha value is -1.76. The van der Waals surface area contributed by atoms with E-state index in [-0.39, 0.29) is 9.92 Å². The van der Waals surface area contributed by atoms with Crippen LogP contribution in [-0.4, -0.2) is 22.6 Å². The van der Waals surface area contributed by atoms with Crippen LogP contribution in [0.5, 0.6) is 11.5 Å². The SMILES string of the molecule is COc1ccc(S(=O)(=O)N[C@@H](C)c2ccccc2OC)cc1Cl. The van der Waals surface area contributed by atoms with Gasteiger partial charge >= 0.3 is 0 Å². The van der Waals surface area contributed by atoms with Crippen molar-refractivity contribution in [2.45, 2.75) is 17.9 Å². The second-order valence-corrected chi connectivity index (χ2v) is 7.00. The monoisotopic (exact) mass is 355 g/mol. The molecule has 0 aliphatic rings. The number of benzene rings is 2. The zero-order valence-corrected chi connectivity index (χ0v) is 14.6. The number of hydrogen-bond acceptors (Lipinski definition) is 4. The van der Waals surface area contributed by atoms with Gasteiger partial charge in [-0.05, 0) is 31.2 Å². The molecule has 0 spiro atoms. The van der Waals surface area contributed by atoms with Crippen molar-refractivity contribution in [2.24, 2.45) is 0 Å². The van der Waals surface area contributed by atoms with E-state index in [9.17, 15) is 8.42 Å². The number of sulfonamides is 1. The van der Waals surface area contributed by atoms with E-state index >= 15 is 0 Å². The highest BCUT2D eigenvalue weighted by Gasteiger charge is 2.21. The molecule has 0 amide bonds. The molecule has 0 aliphatic carbocycles. The zero-order valence-electron chi connectivity index (χ0n) is 13.0. The summed E-state index contributed by atoms with van der Waals surface area (Å²) in [7, 11) is -0.711. The number of nitrogens with one attached hydrogen (secondary N) is 1. The van der Waals surface area contributed by atoms with Gasteiger partial charge in [-0.25, -0.2) is 13.1 Å². The third kappa shape index (κ3) is 3.96. The first-order valence-corrected chi connectivity index (χ1v) is 8.74. The lowest BCUT2D eigenvalue weighted by molar-refractivity contribution is 0.405. The zero-order chi connectivity index (χ0) is 17.0. The fourth-order valence-electron chi connectivity index (χ4n) is 2.20. The summed E-state index contributed by atoms with van der Waals surface area (Å²) in [6.07, 6.45) is 0. The van der Waals surface area contributed by atoms with Crippen molar-refractivity contribution < 1.29 is 17.9 Å². The standard InChI is InChI=1S/C16H18ClNO4S/c1-11(13-6-4-5-7-15(13)21-2)18-23(19,20)12-8-9-16(22-3)14(17)10-12/h4-11,18H,1-3H3/t11-/m0/s1. The topological polar surface area (TPSA) is 64.6 Å². The number of hydrogen-bond donors (Lipinski definition) is 1. The Morgan fingerprint density at radius 1 is 1.04 bits per heavy atom. The van der Waals surface area contributed by atoms with Crippen LogP contribution in [0.25, 0.3) is 0 Å². The van der Waals surface area contributed by atoms with Gasteiger partial charge < -0.3 is 9.47 Å². The molecule has 2 aromatic rings. The Morgan fingerprint density at radius 3 is 2.30 bits per heavy atom. The predicted octanol–water partition coefficient (Wildman–Crippen LogP) is 3.40. The largest absolute Gasteiger partial charge is 0.496 e. The highest BCUT2D eigenvalue weighted by molar-refractivity contribution is 7.89. The van der Waals surface area contributed by atoms with E-state index in [0.717, 1.165) is 5.56 Å². The molecule has 0 saturated heterocycles. The maximum Gasteiger partial charge on any atom is 0.241 e. The Kier molecular flexibility index (Phi) is 5.51. The van der Waals surface area contributed by atoms with Gasteiger partial charge in [-0.1, -0.05) is 29.8 Å². The van der Waals surface area contributed by atoms with Crippen molar-refractivity contribution in [3.63, 3.8) is 0 Å². The quantitative estimate of drug-likeness (QED) is 0.862. The second-order valence-electron chi connectivity index (χ2n) is 4.88. The van der Waals surface area contributed by atoms with Crippen LogP contribution in [-0.2, 0) is 10.0 Å². The minimum atomic E-state index is -3.73. The Labute approximate surface area is 141 Å². The number of methoxy groups -OCH3 is 2. The lowest BCUT2D eigenvalue weighted by Gasteiger charge is -2.17. The molecule has 0 bridgehead atoms. The number of rotatable bonds is 6. The van der Waals surface area contributed by atoms with E-state index in [2.05, 4.69) is 4.72 Å². The highest BCUT2D eigenvalue weighted by atomic mass is 35.5. The van der Waals surface area contributed by atoms with Crippen molar-refractivity contribution in [3.05, 3.63) is 53.1 Å². The lowest BCUT2D eigenvalue weighted by Crippen LogP contribution is -2.27. The first kappa shape index (κ1) is 17.6. The molecule has 0 aliphatic heterocycles. The van der Waals surface area contributed by atoms with Gasteiger partial charge in [0, 0.05) is 11.6 Å². The van der Waals surface area contributed by atoms with Crippen molar-refractivity contribution in [3.8, 4) is 11.5 Å². The summed E-state index contributed by atoms with van der Waals surface area (Å²) in [5, 5.41) is 0.236. The number of para-hydroxylation sites is 1. The van der Waals surface area contributed by atoms with Gasteiger partial charge in [0.2, 0.25) is 10.0 Å². The average Bonchev–Trinajstić information content (AvgIpc) is 2.54. The summed E-state index contributed by atoms with van der Waals surface area (Å²) in [6.45, 7) is 1.75. The summed E-state index contributed by atoms with van der Waals surface area (Å²) in [6, 6.07) is 11.1. The Bertz CT molecular complexity index is 792. The summed E-state index contributed by atoms with van der Waals surface area (Å²) < 4.78 is 37.9. The minimum absolute atomic E-state index is 0.0741. The smallest absolute Gasteiger partial charge is 0.241 e. The van der Waals surface area contributed by atoms with Crippen LogP contribution in [0.15, 0.2) is 47.4 Å². The molecule has 0 fully saturated rings. The third-order valence-electron chi connectivity index (χ3n) is 3.37. The highest BCUT2D eigenvalue weighted by Crippen LogP contribution is 2.29. The molecule has 0 unspecified atom stereocenters. The summed E-state index contributed by atoms with van der Waals surface area (Å²) in [4.78, 5) is 0.0741. The molecule has 124 valence electrons. The van der Waals surface area contributed by atoms with E-state index in [1.165, 1.54) is 25.3 Å². The van der Waals surface area contributed by atoms with E-state index in [0.29, 0.717) is 11.5 Å². The van der Waals surface area contributed by atoms with Gasteiger partial charge in [-0.2, -0.15) is 0 Å². The fraction of sp³-hybridized carbons (Fsp3) is 0.250. The van der Waals surface area contributed by atoms with Gasteiger partial charge in [-0.3, -0.25) is 0 Å². The summed E-state index contributed by atoms with van der Waals surface area (Å²) in [5.41, 5.74) is 0.748. The average molecular weight is 356 g/mol. The summed E-state index contributed by atoms with van der Waals surface area (Å²) in [5.74, 6) is 1.04. The summed E-state index contributed by atoms with van der Waals surface area (Å²) >= 11 is 6.00. The Balaban J connectivity index is 2.29. The van der Waals surface area contributed by atoms with Crippen LogP contribution in [0.4, 0.5) is 0 Å². The van der Waals surface area contributed by atoms with Crippen LogP contribution < -0.4 is 14.2 Å². The molecular formula is C16H18ClNO4S. The van der Waals surface area contributed by atoms with Crippen LogP contribution in [0.1, 0.15) is 18.5 Å². The molecule has 0 heterocycles. The molecule has 5 nitrogen and oxygen atoms in total. The maximum atomic E-state index is 12.5. The van der Waals surface area contributed by atoms with Gasteiger partial charge in [0.05, 0.1) is 24.1 Å². The molecular weight excluding hydrogens is 338 g/mol. The maximum absolute atomic E-state index is 12.5. The molecule has 23 heavy (non-hydrogen) atoms. The second kappa shape index (κ2) is 7.21. The van der Waals surface area contributed by atoms with Crippen LogP contribution in [0.2, 0.25) is 5.02 Å². The molecule has 2 aromatic carbocycles. The minimum Gasteiger partial charge on any atom is -0.496 e. The Morgan fingerprint density at radius 2 is 1.70 bits per heavy atom. The van der Waals surface area contributed by atoms with Gasteiger partial charge in [0.25, 0.3) is 0 Å². The van der Waals surface area contributed by atoms with Gasteiger partial charge in [0.1, 0.15) is 11.5 Å². The normalized spacial score (nSPS) is 12.7. The van der Waals surface area contributed by atoms with Crippen molar-refractivity contribution in [1.82, 2.24) is 4.72 Å². The van der Waals surface area contributed by atoms with Crippen LogP contribution in [0, 0.1) is 0 Å². The van der Waals surface area contributed by atoms with Gasteiger partial charge in [-0.15, -0.1) is 0 Å². The van der Waals surface area contributed by atoms with E-state index < -0.39 is 16.1 Å². The molecule has 1 atom stereocenters.